The Labute approximate surface area is 114 Å². The van der Waals surface area contributed by atoms with Gasteiger partial charge in [0.05, 0.1) is 16.6 Å². The molecule has 1 N–H and O–H groups in total. The minimum atomic E-state index is 0.557. The van der Waals surface area contributed by atoms with Crippen LogP contribution in [0.4, 0.5) is 0 Å². The fourth-order valence-corrected chi connectivity index (χ4v) is 2.76. The third-order valence-corrected chi connectivity index (χ3v) is 3.91. The molecule has 0 bridgehead atoms. The number of thiophene rings is 1. The predicted molar refractivity (Wildman–Crippen MR) is 78.6 cm³/mol. The number of fused-ring (bicyclic) bond motifs is 1. The fourth-order valence-electron chi connectivity index (χ4n) is 1.90. The molecule has 0 aliphatic heterocycles. The maximum Gasteiger partial charge on any atom is 0.149 e. The van der Waals surface area contributed by atoms with Crippen molar-refractivity contribution < 1.29 is 0 Å². The zero-order chi connectivity index (χ0) is 13.2. The third-order valence-electron chi connectivity index (χ3n) is 2.94. The number of rotatable bonds is 2. The third kappa shape index (κ3) is 2.16. The first-order valence-electron chi connectivity index (χ1n) is 5.89. The first-order chi connectivity index (χ1) is 9.28. The summed E-state index contributed by atoms with van der Waals surface area (Å²) in [6, 6.07) is 12.0. The molecule has 2 heterocycles. The van der Waals surface area contributed by atoms with Crippen molar-refractivity contribution in [3.05, 3.63) is 52.0 Å². The van der Waals surface area contributed by atoms with Gasteiger partial charge in [-0.25, -0.2) is 4.98 Å². The van der Waals surface area contributed by atoms with E-state index >= 15 is 0 Å². The molecule has 0 radical (unpaired) electrons. The van der Waals surface area contributed by atoms with Gasteiger partial charge in [-0.1, -0.05) is 12.1 Å². The summed E-state index contributed by atoms with van der Waals surface area (Å²) in [5, 5.41) is 11.3. The van der Waals surface area contributed by atoms with Crippen molar-refractivity contribution in [1.29, 1.82) is 5.26 Å². The monoisotopic (exact) mass is 265 g/mol. The topological polar surface area (TPSA) is 52.5 Å². The maximum atomic E-state index is 9.32. The lowest BCUT2D eigenvalue weighted by Crippen LogP contribution is -1.84. The molecule has 0 unspecified atom stereocenters. The Morgan fingerprint density at radius 2 is 2.21 bits per heavy atom. The molecule has 2 aromatic heterocycles. The molecule has 0 spiro atoms. The molecular formula is C15H11N3S. The van der Waals surface area contributed by atoms with E-state index in [4.69, 9.17) is 0 Å². The fraction of sp³-hybridized carbons (Fsp3) is 0.0667. The number of allylic oxidation sites excluding steroid dienone is 1. The van der Waals surface area contributed by atoms with Crippen molar-refractivity contribution in [2.75, 3.05) is 0 Å². The van der Waals surface area contributed by atoms with Crippen molar-refractivity contribution in [2.45, 2.75) is 6.92 Å². The molecule has 0 aliphatic carbocycles. The van der Waals surface area contributed by atoms with E-state index in [1.54, 1.807) is 11.3 Å². The van der Waals surface area contributed by atoms with Crippen LogP contribution in [0, 0.1) is 18.3 Å². The molecule has 3 aromatic rings. The van der Waals surface area contributed by atoms with Crippen LogP contribution in [0.25, 0.3) is 22.7 Å². The average Bonchev–Trinajstić information content (AvgIpc) is 3.02. The summed E-state index contributed by atoms with van der Waals surface area (Å²) >= 11 is 1.63. The molecule has 3 rings (SSSR count). The second kappa shape index (κ2) is 4.71. The quantitative estimate of drug-likeness (QED) is 0.712. The summed E-state index contributed by atoms with van der Waals surface area (Å²) in [5.41, 5.74) is 3.55. The summed E-state index contributed by atoms with van der Waals surface area (Å²) < 4.78 is 0. The van der Waals surface area contributed by atoms with Crippen molar-refractivity contribution in [1.82, 2.24) is 9.97 Å². The number of H-pyrrole nitrogens is 1. The van der Waals surface area contributed by atoms with Gasteiger partial charge >= 0.3 is 0 Å². The summed E-state index contributed by atoms with van der Waals surface area (Å²) in [4.78, 5) is 8.73. The standard InChI is InChI=1S/C15H11N3S/c1-10-6-7-19-14(10)8-11(9-16)15-17-12-4-2-3-5-13(12)18-15/h2-8H,1H3,(H,17,18). The highest BCUT2D eigenvalue weighted by Gasteiger charge is 2.08. The van der Waals surface area contributed by atoms with E-state index in [2.05, 4.69) is 16.0 Å². The summed E-state index contributed by atoms with van der Waals surface area (Å²) in [6.45, 7) is 2.04. The second-order valence-electron chi connectivity index (χ2n) is 4.24. The molecule has 19 heavy (non-hydrogen) atoms. The summed E-state index contributed by atoms with van der Waals surface area (Å²) in [7, 11) is 0. The van der Waals surface area contributed by atoms with Crippen molar-refractivity contribution in [2.24, 2.45) is 0 Å². The minimum absolute atomic E-state index is 0.557. The van der Waals surface area contributed by atoms with Gasteiger partial charge in [-0.3, -0.25) is 0 Å². The van der Waals surface area contributed by atoms with Crippen molar-refractivity contribution >= 4 is 34.0 Å². The number of hydrogen-bond acceptors (Lipinski definition) is 3. The maximum absolute atomic E-state index is 9.32. The molecule has 92 valence electrons. The van der Waals surface area contributed by atoms with E-state index in [-0.39, 0.29) is 0 Å². The number of nitrogens with zero attached hydrogens (tertiary/aromatic N) is 2. The highest BCUT2D eigenvalue weighted by Crippen LogP contribution is 2.23. The van der Waals surface area contributed by atoms with E-state index < -0.39 is 0 Å². The molecule has 0 saturated carbocycles. The van der Waals surface area contributed by atoms with Gasteiger partial charge in [0.1, 0.15) is 11.9 Å². The number of hydrogen-bond donors (Lipinski definition) is 1. The van der Waals surface area contributed by atoms with Crippen LogP contribution in [-0.4, -0.2) is 9.97 Å². The van der Waals surface area contributed by atoms with Gasteiger partial charge in [0.15, 0.2) is 0 Å². The van der Waals surface area contributed by atoms with Gasteiger partial charge in [-0.2, -0.15) is 5.26 Å². The first-order valence-corrected chi connectivity index (χ1v) is 6.77. The molecule has 0 fully saturated rings. The van der Waals surface area contributed by atoms with Crippen molar-refractivity contribution in [3.8, 4) is 6.07 Å². The molecule has 0 atom stereocenters. The lowest BCUT2D eigenvalue weighted by Gasteiger charge is -1.93. The van der Waals surface area contributed by atoms with Crippen LogP contribution in [0.3, 0.4) is 0 Å². The van der Waals surface area contributed by atoms with Crippen LogP contribution in [0.2, 0.25) is 0 Å². The van der Waals surface area contributed by atoms with Gasteiger partial charge in [-0.15, -0.1) is 11.3 Å². The Bertz CT molecular complexity index is 769. The Hall–Kier alpha value is -2.38. The molecule has 3 nitrogen and oxygen atoms in total. The number of aromatic amines is 1. The van der Waals surface area contributed by atoms with E-state index in [1.807, 2.05) is 48.7 Å². The van der Waals surface area contributed by atoms with Gasteiger partial charge in [-0.05, 0) is 42.1 Å². The summed E-state index contributed by atoms with van der Waals surface area (Å²) in [6.07, 6.45) is 1.89. The van der Waals surface area contributed by atoms with Gasteiger partial charge < -0.3 is 4.98 Å². The van der Waals surface area contributed by atoms with E-state index in [0.29, 0.717) is 11.4 Å². The van der Waals surface area contributed by atoms with Crippen LogP contribution in [-0.2, 0) is 0 Å². The Morgan fingerprint density at radius 3 is 2.89 bits per heavy atom. The zero-order valence-corrected chi connectivity index (χ0v) is 11.2. The number of nitrogens with one attached hydrogen (secondary N) is 1. The Morgan fingerprint density at radius 1 is 1.37 bits per heavy atom. The van der Waals surface area contributed by atoms with Crippen LogP contribution in [0.5, 0.6) is 0 Å². The molecule has 0 saturated heterocycles. The van der Waals surface area contributed by atoms with E-state index in [0.717, 1.165) is 15.9 Å². The van der Waals surface area contributed by atoms with Gasteiger partial charge in [0.2, 0.25) is 0 Å². The Balaban J connectivity index is 2.10. The second-order valence-corrected chi connectivity index (χ2v) is 5.19. The van der Waals surface area contributed by atoms with Gasteiger partial charge in [0, 0.05) is 4.88 Å². The van der Waals surface area contributed by atoms with Crippen LogP contribution in [0.15, 0.2) is 35.7 Å². The minimum Gasteiger partial charge on any atom is -0.337 e. The summed E-state index contributed by atoms with van der Waals surface area (Å²) in [5.74, 6) is 0.622. The SMILES string of the molecule is Cc1ccsc1C=C(C#N)c1nc2ccccc2[nH]1. The highest BCUT2D eigenvalue weighted by molar-refractivity contribution is 7.11. The molecule has 4 heteroatoms. The first kappa shape index (κ1) is 11.7. The van der Waals surface area contributed by atoms with Crippen LogP contribution < -0.4 is 0 Å². The Kier molecular flexibility index (Phi) is 2.90. The van der Waals surface area contributed by atoms with E-state index in [1.165, 1.54) is 5.56 Å². The number of aromatic nitrogens is 2. The molecular weight excluding hydrogens is 254 g/mol. The van der Waals surface area contributed by atoms with Crippen LogP contribution >= 0.6 is 11.3 Å². The highest BCUT2D eigenvalue weighted by atomic mass is 32.1. The lowest BCUT2D eigenvalue weighted by atomic mass is 10.2. The number of aryl methyl sites for hydroxylation is 1. The van der Waals surface area contributed by atoms with Crippen molar-refractivity contribution in [3.63, 3.8) is 0 Å². The largest absolute Gasteiger partial charge is 0.337 e. The normalized spacial score (nSPS) is 11.7. The molecule has 0 aliphatic rings. The number of benzene rings is 1. The van der Waals surface area contributed by atoms with Gasteiger partial charge in [0.25, 0.3) is 0 Å². The molecule has 0 amide bonds. The zero-order valence-electron chi connectivity index (χ0n) is 10.3. The number of imidazole rings is 1. The lowest BCUT2D eigenvalue weighted by molar-refractivity contribution is 1.27. The number of para-hydroxylation sites is 2. The average molecular weight is 265 g/mol. The van der Waals surface area contributed by atoms with E-state index in [9.17, 15) is 5.26 Å². The smallest absolute Gasteiger partial charge is 0.149 e. The van der Waals surface area contributed by atoms with Crippen LogP contribution in [0.1, 0.15) is 16.3 Å². The number of nitriles is 1. The molecule has 1 aromatic carbocycles. The predicted octanol–water partition coefficient (Wildman–Crippen LogP) is 4.00.